The van der Waals surface area contributed by atoms with E-state index in [1.165, 1.54) is 19.1 Å². The van der Waals surface area contributed by atoms with E-state index in [1.807, 2.05) is 6.92 Å². The van der Waals surface area contributed by atoms with E-state index < -0.39 is 22.0 Å². The molecule has 2 aromatic rings. The van der Waals surface area contributed by atoms with Gasteiger partial charge in [0.05, 0.1) is 18.6 Å². The van der Waals surface area contributed by atoms with Gasteiger partial charge in [0.25, 0.3) is 0 Å². The largest absolute Gasteiger partial charge is 0.494 e. The first-order valence-corrected chi connectivity index (χ1v) is 10.3. The molecule has 0 saturated heterocycles. The van der Waals surface area contributed by atoms with Crippen molar-refractivity contribution in [2.24, 2.45) is 0 Å². The fraction of sp³-hybridized carbons (Fsp3) is 0.316. The molecule has 0 aliphatic carbocycles. The summed E-state index contributed by atoms with van der Waals surface area (Å²) < 4.78 is 43.9. The average molecular weight is 394 g/mol. The van der Waals surface area contributed by atoms with Gasteiger partial charge in [0.15, 0.2) is 0 Å². The molecule has 0 heterocycles. The molecule has 0 aliphatic rings. The van der Waals surface area contributed by atoms with Crippen LogP contribution in [0.25, 0.3) is 0 Å². The predicted octanol–water partition coefficient (Wildman–Crippen LogP) is 2.70. The molecule has 0 spiro atoms. The average Bonchev–Trinajstić information content (AvgIpc) is 2.61. The first-order chi connectivity index (χ1) is 12.7. The maximum atomic E-state index is 12.9. The molecule has 2 rings (SSSR count). The van der Waals surface area contributed by atoms with Gasteiger partial charge >= 0.3 is 0 Å². The monoisotopic (exact) mass is 394 g/mol. The third-order valence-corrected chi connectivity index (χ3v) is 5.11. The number of nitrogens with one attached hydrogen (secondary N) is 1. The van der Waals surface area contributed by atoms with E-state index in [0.29, 0.717) is 23.6 Å². The van der Waals surface area contributed by atoms with Crippen molar-refractivity contribution >= 4 is 21.6 Å². The quantitative estimate of drug-likeness (QED) is 0.747. The summed E-state index contributed by atoms with van der Waals surface area (Å²) in [5.41, 5.74) is 1.08. The van der Waals surface area contributed by atoms with E-state index in [1.54, 1.807) is 36.4 Å². The molecule has 0 aromatic heterocycles. The number of benzene rings is 2. The molecule has 146 valence electrons. The Balaban J connectivity index is 2.15. The SMILES string of the molecule is CCOc1ccc(N([C@H](C)C(=O)NCc2ccc(F)cc2)S(C)(=O)=O)cc1. The molecule has 1 atom stereocenters. The lowest BCUT2D eigenvalue weighted by atomic mass is 10.2. The molecular weight excluding hydrogens is 371 g/mol. The molecule has 6 nitrogen and oxygen atoms in total. The highest BCUT2D eigenvalue weighted by molar-refractivity contribution is 7.92. The predicted molar refractivity (Wildman–Crippen MR) is 103 cm³/mol. The maximum Gasteiger partial charge on any atom is 0.243 e. The topological polar surface area (TPSA) is 75.7 Å². The first kappa shape index (κ1) is 20.7. The van der Waals surface area contributed by atoms with Gasteiger partial charge in [-0.1, -0.05) is 12.1 Å². The zero-order valence-corrected chi connectivity index (χ0v) is 16.3. The molecule has 0 saturated carbocycles. The second-order valence-electron chi connectivity index (χ2n) is 6.01. The van der Waals surface area contributed by atoms with Crippen LogP contribution in [0.1, 0.15) is 19.4 Å². The Bertz CT molecular complexity index is 868. The van der Waals surface area contributed by atoms with Gasteiger partial charge in [-0.25, -0.2) is 12.8 Å². The van der Waals surface area contributed by atoms with Gasteiger partial charge < -0.3 is 10.1 Å². The van der Waals surface area contributed by atoms with E-state index in [0.717, 1.165) is 10.6 Å². The lowest BCUT2D eigenvalue weighted by molar-refractivity contribution is -0.122. The minimum absolute atomic E-state index is 0.171. The Morgan fingerprint density at radius 3 is 2.26 bits per heavy atom. The number of sulfonamides is 1. The van der Waals surface area contributed by atoms with Crippen LogP contribution in [0.4, 0.5) is 10.1 Å². The molecule has 0 radical (unpaired) electrons. The van der Waals surface area contributed by atoms with Gasteiger partial charge in [0.1, 0.15) is 17.6 Å². The van der Waals surface area contributed by atoms with Crippen molar-refractivity contribution in [2.75, 3.05) is 17.2 Å². The van der Waals surface area contributed by atoms with Crippen molar-refractivity contribution in [1.29, 1.82) is 0 Å². The van der Waals surface area contributed by atoms with Crippen LogP contribution in [0.3, 0.4) is 0 Å². The van der Waals surface area contributed by atoms with E-state index >= 15 is 0 Å². The fourth-order valence-electron chi connectivity index (χ4n) is 2.60. The van der Waals surface area contributed by atoms with Crippen molar-refractivity contribution in [3.63, 3.8) is 0 Å². The second kappa shape index (κ2) is 8.85. The van der Waals surface area contributed by atoms with Crippen molar-refractivity contribution in [3.8, 4) is 5.75 Å². The number of hydrogen-bond acceptors (Lipinski definition) is 4. The molecule has 2 aromatic carbocycles. The highest BCUT2D eigenvalue weighted by atomic mass is 32.2. The summed E-state index contributed by atoms with van der Waals surface area (Å²) in [6.07, 6.45) is 1.05. The summed E-state index contributed by atoms with van der Waals surface area (Å²) in [5.74, 6) is -0.209. The van der Waals surface area contributed by atoms with Gasteiger partial charge in [-0.05, 0) is 55.8 Å². The third-order valence-electron chi connectivity index (χ3n) is 3.87. The van der Waals surface area contributed by atoms with Crippen LogP contribution in [-0.2, 0) is 21.4 Å². The normalized spacial score (nSPS) is 12.3. The smallest absolute Gasteiger partial charge is 0.243 e. The summed E-state index contributed by atoms with van der Waals surface area (Å²) in [5, 5.41) is 2.68. The molecule has 0 bridgehead atoms. The van der Waals surface area contributed by atoms with Gasteiger partial charge in [-0.15, -0.1) is 0 Å². The second-order valence-corrected chi connectivity index (χ2v) is 7.87. The molecule has 1 amide bonds. The highest BCUT2D eigenvalue weighted by Crippen LogP contribution is 2.24. The van der Waals surface area contributed by atoms with Crippen molar-refractivity contribution in [1.82, 2.24) is 5.32 Å². The number of hydrogen-bond donors (Lipinski definition) is 1. The number of carbonyl (C=O) groups is 1. The number of nitrogens with zero attached hydrogens (tertiary/aromatic N) is 1. The van der Waals surface area contributed by atoms with Crippen LogP contribution >= 0.6 is 0 Å². The van der Waals surface area contributed by atoms with Crippen molar-refractivity contribution < 1.29 is 22.3 Å². The summed E-state index contributed by atoms with van der Waals surface area (Å²) >= 11 is 0. The van der Waals surface area contributed by atoms with Crippen LogP contribution in [0, 0.1) is 5.82 Å². The van der Waals surface area contributed by atoms with Crippen LogP contribution in [0.5, 0.6) is 5.75 Å². The molecule has 0 aliphatic heterocycles. The van der Waals surface area contributed by atoms with E-state index in [-0.39, 0.29) is 12.4 Å². The van der Waals surface area contributed by atoms with Gasteiger partial charge in [-0.2, -0.15) is 0 Å². The van der Waals surface area contributed by atoms with Crippen molar-refractivity contribution in [2.45, 2.75) is 26.4 Å². The van der Waals surface area contributed by atoms with Crippen LogP contribution in [0.15, 0.2) is 48.5 Å². The maximum absolute atomic E-state index is 12.9. The van der Waals surface area contributed by atoms with E-state index in [4.69, 9.17) is 4.74 Å². The zero-order chi connectivity index (χ0) is 20.0. The summed E-state index contributed by atoms with van der Waals surface area (Å²) in [6, 6.07) is 11.2. The number of rotatable bonds is 8. The standard InChI is InChI=1S/C19H23FN2O4S/c1-4-26-18-11-9-17(10-12-18)22(27(3,24)25)14(2)19(23)21-13-15-5-7-16(20)8-6-15/h5-12,14H,4,13H2,1-3H3,(H,21,23)/t14-/m1/s1. The lowest BCUT2D eigenvalue weighted by Gasteiger charge is -2.28. The third kappa shape index (κ3) is 5.68. The first-order valence-electron chi connectivity index (χ1n) is 8.46. The van der Waals surface area contributed by atoms with E-state index in [2.05, 4.69) is 5.32 Å². The molecule has 0 fully saturated rings. The highest BCUT2D eigenvalue weighted by Gasteiger charge is 2.29. The Morgan fingerprint density at radius 1 is 1.15 bits per heavy atom. The summed E-state index contributed by atoms with van der Waals surface area (Å²) in [4.78, 5) is 12.5. The number of anilines is 1. The van der Waals surface area contributed by atoms with Gasteiger partial charge in [0.2, 0.25) is 15.9 Å². The van der Waals surface area contributed by atoms with Crippen molar-refractivity contribution in [3.05, 3.63) is 59.9 Å². The minimum atomic E-state index is -3.69. The molecule has 8 heteroatoms. The number of amides is 1. The van der Waals surface area contributed by atoms with E-state index in [9.17, 15) is 17.6 Å². The number of ether oxygens (including phenoxy) is 1. The number of carbonyl (C=O) groups excluding carboxylic acids is 1. The Hall–Kier alpha value is -2.61. The Morgan fingerprint density at radius 2 is 1.74 bits per heavy atom. The molecule has 0 unspecified atom stereocenters. The van der Waals surface area contributed by atoms with Crippen LogP contribution in [-0.4, -0.2) is 33.2 Å². The molecular formula is C19H23FN2O4S. The number of halogens is 1. The van der Waals surface area contributed by atoms with Crippen LogP contribution in [0.2, 0.25) is 0 Å². The Kier molecular flexibility index (Phi) is 6.79. The fourth-order valence-corrected chi connectivity index (χ4v) is 3.78. The van der Waals surface area contributed by atoms with Crippen LogP contribution < -0.4 is 14.4 Å². The summed E-state index contributed by atoms with van der Waals surface area (Å²) in [6.45, 7) is 4.03. The minimum Gasteiger partial charge on any atom is -0.494 e. The lowest BCUT2D eigenvalue weighted by Crippen LogP contribution is -2.47. The zero-order valence-electron chi connectivity index (χ0n) is 15.5. The molecule has 27 heavy (non-hydrogen) atoms. The summed E-state index contributed by atoms with van der Waals surface area (Å²) in [7, 11) is -3.69. The molecule has 1 N–H and O–H groups in total. The Labute approximate surface area is 159 Å². The van der Waals surface area contributed by atoms with Gasteiger partial charge in [0, 0.05) is 6.54 Å². The van der Waals surface area contributed by atoms with Gasteiger partial charge in [-0.3, -0.25) is 9.10 Å².